The Morgan fingerprint density at radius 1 is 0.929 bits per heavy atom. The molecule has 10 heteroatoms. The van der Waals surface area contributed by atoms with E-state index in [-0.39, 0.29) is 29.2 Å². The first-order chi connectivity index (χ1) is 20.1. The highest BCUT2D eigenvalue weighted by Crippen LogP contribution is 2.39. The van der Waals surface area contributed by atoms with Crippen LogP contribution in [0.3, 0.4) is 0 Å². The first kappa shape index (κ1) is 30.0. The van der Waals surface area contributed by atoms with Gasteiger partial charge in [-0.3, -0.25) is 14.4 Å². The molecule has 4 N–H and O–H groups in total. The van der Waals surface area contributed by atoms with Crippen LogP contribution in [0.2, 0.25) is 0 Å². The second kappa shape index (κ2) is 12.8. The molecule has 0 spiro atoms. The Kier molecular flexibility index (Phi) is 9.13. The Morgan fingerprint density at radius 2 is 1.60 bits per heavy atom. The van der Waals surface area contributed by atoms with Gasteiger partial charge in [0.05, 0.1) is 5.54 Å². The third-order valence-electron chi connectivity index (χ3n) is 8.45. The average Bonchev–Trinajstić information content (AvgIpc) is 3.49. The van der Waals surface area contributed by atoms with Crippen LogP contribution in [0.4, 0.5) is 10.1 Å². The van der Waals surface area contributed by atoms with Crippen LogP contribution in [-0.2, 0) is 4.79 Å². The molecule has 5 rings (SSSR count). The van der Waals surface area contributed by atoms with Gasteiger partial charge in [0.2, 0.25) is 5.91 Å². The third kappa shape index (κ3) is 7.10. The fourth-order valence-corrected chi connectivity index (χ4v) is 5.98. The summed E-state index contributed by atoms with van der Waals surface area (Å²) in [4.78, 5) is 42.4. The number of nitrogens with zero attached hydrogens (tertiary/aromatic N) is 2. The van der Waals surface area contributed by atoms with Crippen molar-refractivity contribution in [2.24, 2.45) is 5.73 Å². The Balaban J connectivity index is 1.25. The van der Waals surface area contributed by atoms with Gasteiger partial charge in [-0.05, 0) is 87.5 Å². The molecule has 2 heterocycles. The summed E-state index contributed by atoms with van der Waals surface area (Å²) in [6.45, 7) is 6.27. The van der Waals surface area contributed by atoms with Crippen molar-refractivity contribution in [3.05, 3.63) is 58.9 Å². The second-order valence-corrected chi connectivity index (χ2v) is 12.3. The molecule has 2 saturated heterocycles. The molecule has 2 aromatic rings. The molecular formula is C32H42FN5O4. The zero-order valence-corrected chi connectivity index (χ0v) is 24.6. The summed E-state index contributed by atoms with van der Waals surface area (Å²) in [7, 11) is 0. The summed E-state index contributed by atoms with van der Waals surface area (Å²) in [6, 6.07) is 9.60. The topological polar surface area (TPSA) is 117 Å². The number of hydrogen-bond donors (Lipinski definition) is 3. The fourth-order valence-electron chi connectivity index (χ4n) is 5.98. The van der Waals surface area contributed by atoms with Gasteiger partial charge in [-0.1, -0.05) is 19.3 Å². The fraction of sp³-hybridized carbons (Fsp3) is 0.531. The number of benzene rings is 2. The van der Waals surface area contributed by atoms with Crippen molar-refractivity contribution in [3.8, 4) is 5.75 Å². The van der Waals surface area contributed by atoms with Crippen molar-refractivity contribution in [2.75, 3.05) is 44.6 Å². The Labute approximate surface area is 246 Å². The molecular weight excluding hydrogens is 537 g/mol. The number of rotatable bonds is 7. The van der Waals surface area contributed by atoms with E-state index in [0.29, 0.717) is 37.7 Å². The lowest BCUT2D eigenvalue weighted by molar-refractivity contribution is -0.120. The van der Waals surface area contributed by atoms with E-state index in [1.54, 1.807) is 23.6 Å². The van der Waals surface area contributed by atoms with E-state index in [9.17, 15) is 18.8 Å². The van der Waals surface area contributed by atoms with E-state index in [0.717, 1.165) is 55.8 Å². The highest BCUT2D eigenvalue weighted by Gasteiger charge is 2.29. The van der Waals surface area contributed by atoms with E-state index in [1.807, 2.05) is 18.2 Å². The van der Waals surface area contributed by atoms with Crippen molar-refractivity contribution < 1.29 is 23.5 Å². The number of amides is 3. The van der Waals surface area contributed by atoms with Crippen molar-refractivity contribution in [1.29, 1.82) is 0 Å². The number of halogens is 1. The predicted octanol–water partition coefficient (Wildman–Crippen LogP) is 3.89. The largest absolute Gasteiger partial charge is 0.489 e. The van der Waals surface area contributed by atoms with Gasteiger partial charge in [-0.2, -0.15) is 0 Å². The van der Waals surface area contributed by atoms with Gasteiger partial charge in [-0.15, -0.1) is 0 Å². The third-order valence-corrected chi connectivity index (χ3v) is 8.45. The van der Waals surface area contributed by atoms with Gasteiger partial charge >= 0.3 is 0 Å². The minimum Gasteiger partial charge on any atom is -0.489 e. The highest BCUT2D eigenvalue weighted by molar-refractivity contribution is 6.00. The van der Waals surface area contributed by atoms with Gasteiger partial charge in [0.1, 0.15) is 17.7 Å². The smallest absolute Gasteiger partial charge is 0.254 e. The molecule has 2 aromatic carbocycles. The molecule has 0 radical (unpaired) electrons. The molecule has 2 aliphatic heterocycles. The molecule has 0 aromatic heterocycles. The number of hydrogen-bond acceptors (Lipinski definition) is 6. The number of ether oxygens (including phenoxy) is 1. The maximum Gasteiger partial charge on any atom is 0.254 e. The molecule has 1 aliphatic carbocycles. The van der Waals surface area contributed by atoms with Crippen molar-refractivity contribution in [1.82, 2.24) is 15.1 Å². The van der Waals surface area contributed by atoms with Crippen LogP contribution >= 0.6 is 0 Å². The van der Waals surface area contributed by atoms with Gasteiger partial charge in [0.25, 0.3) is 11.8 Å². The number of carbonyl (C=O) groups is 3. The van der Waals surface area contributed by atoms with Gasteiger partial charge in [0.15, 0.2) is 0 Å². The molecule has 0 bridgehead atoms. The predicted molar refractivity (Wildman–Crippen MR) is 159 cm³/mol. The lowest BCUT2D eigenvalue weighted by Crippen LogP contribution is -2.50. The Bertz CT molecular complexity index is 1310. The van der Waals surface area contributed by atoms with Gasteiger partial charge in [-0.25, -0.2) is 4.39 Å². The normalized spacial score (nSPS) is 20.0. The van der Waals surface area contributed by atoms with Crippen LogP contribution in [0, 0.1) is 5.82 Å². The minimum absolute atomic E-state index is 0.0617. The number of nitrogens with one attached hydrogen (secondary N) is 2. The van der Waals surface area contributed by atoms with E-state index >= 15 is 0 Å². The molecule has 3 amide bonds. The molecule has 3 aliphatic rings. The van der Waals surface area contributed by atoms with Crippen LogP contribution in [0.25, 0.3) is 0 Å². The maximum atomic E-state index is 14.3. The first-order valence-electron chi connectivity index (χ1n) is 15.1. The minimum atomic E-state index is -1.16. The van der Waals surface area contributed by atoms with E-state index in [4.69, 9.17) is 10.5 Å². The van der Waals surface area contributed by atoms with Crippen molar-refractivity contribution >= 4 is 23.4 Å². The lowest BCUT2D eigenvalue weighted by atomic mass is 9.83. The molecule has 0 unspecified atom stereocenters. The monoisotopic (exact) mass is 579 g/mol. The van der Waals surface area contributed by atoms with Crippen LogP contribution in [-0.4, -0.2) is 78.4 Å². The first-order valence-corrected chi connectivity index (χ1v) is 15.1. The molecule has 9 nitrogen and oxygen atoms in total. The van der Waals surface area contributed by atoms with Gasteiger partial charge in [0, 0.05) is 49.5 Å². The summed E-state index contributed by atoms with van der Waals surface area (Å²) < 4.78 is 20.7. The van der Waals surface area contributed by atoms with E-state index in [1.165, 1.54) is 25.3 Å². The Hall–Kier alpha value is -3.50. The zero-order valence-electron chi connectivity index (χ0n) is 24.6. The summed E-state index contributed by atoms with van der Waals surface area (Å²) >= 11 is 0. The summed E-state index contributed by atoms with van der Waals surface area (Å²) in [6.07, 6.45) is 6.96. The van der Waals surface area contributed by atoms with Gasteiger partial charge < -0.3 is 30.9 Å². The summed E-state index contributed by atoms with van der Waals surface area (Å²) in [5, 5.41) is 5.92. The molecule has 3 fully saturated rings. The SMILES string of the molecule is CC(C)(N)C(=O)Nc1cc(F)cc(C(=O)N2CCN(C(=O)c3ccc(O[C@H]4CCNC4)c(C4CCCCC4)c3)CC2)c1. The quantitative estimate of drug-likeness (QED) is 0.458. The van der Waals surface area contributed by atoms with Crippen LogP contribution in [0.15, 0.2) is 36.4 Å². The van der Waals surface area contributed by atoms with Crippen LogP contribution in [0.5, 0.6) is 5.75 Å². The van der Waals surface area contributed by atoms with E-state index < -0.39 is 17.3 Å². The van der Waals surface area contributed by atoms with Crippen molar-refractivity contribution in [2.45, 2.75) is 69.9 Å². The standard InChI is InChI=1S/C32H42FN5O4/c1-32(2,34)31(41)36-25-17-23(16-24(33)19-25)30(40)38-14-12-37(13-15-38)29(39)22-8-9-28(42-26-10-11-35-20-26)27(18-22)21-6-4-3-5-7-21/h8-9,16-19,21,26,35H,3-7,10-15,20,34H2,1-2H3,(H,36,41)/t26-/m0/s1. The molecule has 1 atom stereocenters. The second-order valence-electron chi connectivity index (χ2n) is 12.3. The number of carbonyl (C=O) groups excluding carboxylic acids is 3. The number of nitrogens with two attached hydrogens (primary N) is 1. The Morgan fingerprint density at radius 3 is 2.21 bits per heavy atom. The summed E-state index contributed by atoms with van der Waals surface area (Å²) in [5.41, 5.74) is 6.74. The zero-order chi connectivity index (χ0) is 29.9. The molecule has 42 heavy (non-hydrogen) atoms. The molecule has 226 valence electrons. The van der Waals surface area contributed by atoms with Crippen molar-refractivity contribution in [3.63, 3.8) is 0 Å². The summed E-state index contributed by atoms with van der Waals surface area (Å²) in [5.74, 6) is -0.254. The average molecular weight is 580 g/mol. The highest BCUT2D eigenvalue weighted by atomic mass is 19.1. The lowest BCUT2D eigenvalue weighted by Gasteiger charge is -2.35. The van der Waals surface area contributed by atoms with Crippen LogP contribution < -0.4 is 21.1 Å². The van der Waals surface area contributed by atoms with Crippen LogP contribution in [0.1, 0.15) is 84.6 Å². The maximum absolute atomic E-state index is 14.3. The molecule has 1 saturated carbocycles. The number of piperazine rings is 1. The van der Waals surface area contributed by atoms with E-state index in [2.05, 4.69) is 10.6 Å². The number of anilines is 1.